The van der Waals surface area contributed by atoms with Gasteiger partial charge in [-0.1, -0.05) is 25.3 Å². The van der Waals surface area contributed by atoms with Gasteiger partial charge >= 0.3 is 0 Å². The van der Waals surface area contributed by atoms with Crippen molar-refractivity contribution in [2.24, 2.45) is 5.92 Å². The summed E-state index contributed by atoms with van der Waals surface area (Å²) in [5.74, 6) is 0.571. The number of amides is 1. The number of hydrogen-bond donors (Lipinski definition) is 0. The monoisotopic (exact) mass is 418 g/mol. The van der Waals surface area contributed by atoms with Crippen molar-refractivity contribution >= 4 is 27.3 Å². The van der Waals surface area contributed by atoms with Crippen LogP contribution in [0.15, 0.2) is 18.2 Å². The van der Waals surface area contributed by atoms with Crippen LogP contribution in [-0.2, 0) is 11.3 Å². The molecule has 1 aliphatic carbocycles. The van der Waals surface area contributed by atoms with Crippen LogP contribution in [0.5, 0.6) is 0 Å². The van der Waals surface area contributed by atoms with Gasteiger partial charge in [-0.3, -0.25) is 4.79 Å². The van der Waals surface area contributed by atoms with Gasteiger partial charge in [-0.15, -0.1) is 11.3 Å². The second-order valence-corrected chi connectivity index (χ2v) is 9.46. The molecule has 158 valence electrons. The van der Waals surface area contributed by atoms with Crippen LogP contribution in [0.3, 0.4) is 0 Å². The van der Waals surface area contributed by atoms with E-state index in [0.29, 0.717) is 15.8 Å². The van der Waals surface area contributed by atoms with Gasteiger partial charge in [-0.05, 0) is 43.9 Å². The normalized spacial score (nSPS) is 19.6. The Kier molecular flexibility index (Phi) is 6.83. The number of carbonyl (C=O) groups excluding carboxylic acids is 1. The van der Waals surface area contributed by atoms with Crippen molar-refractivity contribution in [2.45, 2.75) is 45.1 Å². The van der Waals surface area contributed by atoms with Crippen LogP contribution in [0.2, 0.25) is 0 Å². The van der Waals surface area contributed by atoms with Crippen molar-refractivity contribution < 1.29 is 13.9 Å². The summed E-state index contributed by atoms with van der Waals surface area (Å²) < 4.78 is 20.6. The molecular formula is C23H31FN2O2S. The van der Waals surface area contributed by atoms with Crippen molar-refractivity contribution in [1.29, 1.82) is 0 Å². The summed E-state index contributed by atoms with van der Waals surface area (Å²) in [6, 6.07) is 5.04. The quantitative estimate of drug-likeness (QED) is 0.691. The predicted molar refractivity (Wildman–Crippen MR) is 116 cm³/mol. The van der Waals surface area contributed by atoms with Gasteiger partial charge in [0.25, 0.3) is 5.91 Å². The van der Waals surface area contributed by atoms with Gasteiger partial charge in [0.15, 0.2) is 0 Å². The molecule has 0 radical (unpaired) electrons. The van der Waals surface area contributed by atoms with E-state index in [9.17, 15) is 9.18 Å². The zero-order chi connectivity index (χ0) is 20.2. The number of nitrogens with zero attached hydrogens (tertiary/aromatic N) is 2. The Bertz CT molecular complexity index is 847. The Labute approximate surface area is 176 Å². The summed E-state index contributed by atoms with van der Waals surface area (Å²) >= 11 is 1.39. The number of benzene rings is 1. The molecule has 0 N–H and O–H groups in total. The minimum atomic E-state index is -0.278. The maximum atomic E-state index is 14.4. The fraction of sp³-hybridized carbons (Fsp3) is 0.609. The van der Waals surface area contributed by atoms with Gasteiger partial charge in [-0.2, -0.15) is 0 Å². The standard InChI is InChI=1S/C23H31FN2O2S/c1-28-16-18-21-19(24)9-5-10-20(21)29-22(18)23(27)26-12-6-11-25(13-14-26)15-17-7-3-2-4-8-17/h5,9-10,17H,2-4,6-8,11-16H2,1H3. The lowest BCUT2D eigenvalue weighted by molar-refractivity contribution is 0.0760. The Morgan fingerprint density at radius 2 is 1.97 bits per heavy atom. The molecule has 1 saturated carbocycles. The summed E-state index contributed by atoms with van der Waals surface area (Å²) in [5.41, 5.74) is 0.693. The number of methoxy groups -OCH3 is 1. The first-order valence-electron chi connectivity index (χ1n) is 10.9. The van der Waals surface area contributed by atoms with Crippen LogP contribution in [0.1, 0.15) is 53.8 Å². The molecule has 4 rings (SSSR count). The van der Waals surface area contributed by atoms with E-state index in [0.717, 1.165) is 43.2 Å². The molecule has 0 unspecified atom stereocenters. The van der Waals surface area contributed by atoms with Gasteiger partial charge in [-0.25, -0.2) is 4.39 Å². The molecule has 2 aromatic rings. The number of hydrogen-bond acceptors (Lipinski definition) is 4. The van der Waals surface area contributed by atoms with Gasteiger partial charge in [0.05, 0.1) is 11.5 Å². The second-order valence-electron chi connectivity index (χ2n) is 8.41. The molecule has 1 amide bonds. The van der Waals surface area contributed by atoms with Crippen LogP contribution >= 0.6 is 11.3 Å². The molecule has 2 fully saturated rings. The Hall–Kier alpha value is -1.50. The summed E-state index contributed by atoms with van der Waals surface area (Å²) in [4.78, 5) is 18.5. The highest BCUT2D eigenvalue weighted by atomic mass is 32.1. The third kappa shape index (κ3) is 4.65. The van der Waals surface area contributed by atoms with E-state index >= 15 is 0 Å². The molecule has 4 nitrogen and oxygen atoms in total. The zero-order valence-electron chi connectivity index (χ0n) is 17.3. The van der Waals surface area contributed by atoms with E-state index in [2.05, 4.69) is 4.90 Å². The van der Waals surface area contributed by atoms with Crippen LogP contribution in [0.4, 0.5) is 4.39 Å². The molecule has 2 heterocycles. The van der Waals surface area contributed by atoms with Crippen molar-refractivity contribution in [1.82, 2.24) is 9.80 Å². The van der Waals surface area contributed by atoms with E-state index in [4.69, 9.17) is 4.74 Å². The van der Waals surface area contributed by atoms with E-state index in [1.807, 2.05) is 11.0 Å². The maximum Gasteiger partial charge on any atom is 0.264 e. The first-order valence-corrected chi connectivity index (χ1v) is 11.7. The summed E-state index contributed by atoms with van der Waals surface area (Å²) in [6.45, 7) is 4.93. The summed E-state index contributed by atoms with van der Waals surface area (Å²) in [6.07, 6.45) is 7.83. The molecule has 29 heavy (non-hydrogen) atoms. The SMILES string of the molecule is COCc1c(C(=O)N2CCCN(CC3CCCCC3)CC2)sc2cccc(F)c12. The Morgan fingerprint density at radius 3 is 2.76 bits per heavy atom. The molecule has 1 aromatic heterocycles. The molecule has 1 aliphatic heterocycles. The first-order chi connectivity index (χ1) is 14.2. The Morgan fingerprint density at radius 1 is 1.14 bits per heavy atom. The summed E-state index contributed by atoms with van der Waals surface area (Å²) in [5, 5.41) is 0.538. The molecule has 1 saturated heterocycles. The smallest absolute Gasteiger partial charge is 0.264 e. The third-order valence-corrected chi connectivity index (χ3v) is 7.55. The zero-order valence-corrected chi connectivity index (χ0v) is 18.1. The molecule has 6 heteroatoms. The lowest BCUT2D eigenvalue weighted by Gasteiger charge is -2.28. The van der Waals surface area contributed by atoms with Gasteiger partial charge in [0.1, 0.15) is 5.82 Å². The van der Waals surface area contributed by atoms with E-state index in [1.54, 1.807) is 13.2 Å². The summed E-state index contributed by atoms with van der Waals surface area (Å²) in [7, 11) is 1.59. The van der Waals surface area contributed by atoms with Gasteiger partial charge in [0, 0.05) is 48.9 Å². The number of ether oxygens (including phenoxy) is 1. The molecular weight excluding hydrogens is 387 g/mol. The highest BCUT2D eigenvalue weighted by molar-refractivity contribution is 7.21. The fourth-order valence-corrected chi connectivity index (χ4v) is 6.05. The van der Waals surface area contributed by atoms with Crippen LogP contribution in [-0.4, -0.2) is 55.5 Å². The molecule has 0 atom stereocenters. The topological polar surface area (TPSA) is 32.8 Å². The van der Waals surface area contributed by atoms with Crippen LogP contribution < -0.4 is 0 Å². The lowest BCUT2D eigenvalue weighted by Crippen LogP contribution is -2.37. The number of fused-ring (bicyclic) bond motifs is 1. The van der Waals surface area contributed by atoms with Gasteiger partial charge in [0.2, 0.25) is 0 Å². The average Bonchev–Trinajstić information content (AvgIpc) is 2.94. The number of thiophene rings is 1. The minimum absolute atomic E-state index is 0.0252. The largest absolute Gasteiger partial charge is 0.380 e. The van der Waals surface area contributed by atoms with Crippen molar-refractivity contribution in [3.63, 3.8) is 0 Å². The average molecular weight is 419 g/mol. The fourth-order valence-electron chi connectivity index (χ4n) is 4.86. The third-order valence-electron chi connectivity index (χ3n) is 6.36. The van der Waals surface area contributed by atoms with E-state index in [-0.39, 0.29) is 18.3 Å². The molecule has 0 spiro atoms. The van der Waals surface area contributed by atoms with Crippen molar-refractivity contribution in [2.75, 3.05) is 39.8 Å². The number of rotatable bonds is 5. The highest BCUT2D eigenvalue weighted by Crippen LogP contribution is 2.35. The Balaban J connectivity index is 1.48. The second kappa shape index (κ2) is 9.54. The van der Waals surface area contributed by atoms with Crippen molar-refractivity contribution in [3.8, 4) is 0 Å². The number of carbonyl (C=O) groups is 1. The maximum absolute atomic E-state index is 14.4. The predicted octanol–water partition coefficient (Wildman–Crippen LogP) is 4.92. The molecule has 2 aliphatic rings. The highest BCUT2D eigenvalue weighted by Gasteiger charge is 2.27. The van der Waals surface area contributed by atoms with Crippen LogP contribution in [0.25, 0.3) is 10.1 Å². The minimum Gasteiger partial charge on any atom is -0.380 e. The number of halogens is 1. The van der Waals surface area contributed by atoms with Gasteiger partial charge < -0.3 is 14.5 Å². The van der Waals surface area contributed by atoms with E-state index in [1.165, 1.54) is 56.1 Å². The van der Waals surface area contributed by atoms with Crippen molar-refractivity contribution in [3.05, 3.63) is 34.5 Å². The van der Waals surface area contributed by atoms with Crippen LogP contribution in [0, 0.1) is 11.7 Å². The van der Waals surface area contributed by atoms with E-state index < -0.39 is 0 Å². The molecule has 0 bridgehead atoms. The first kappa shape index (κ1) is 20.8. The molecule has 1 aromatic carbocycles. The lowest BCUT2D eigenvalue weighted by atomic mass is 9.89.